The van der Waals surface area contributed by atoms with Crippen molar-refractivity contribution in [3.05, 3.63) is 52.6 Å². The van der Waals surface area contributed by atoms with Gasteiger partial charge < -0.3 is 9.47 Å². The summed E-state index contributed by atoms with van der Waals surface area (Å²) in [6, 6.07) is 9.00. The minimum atomic E-state index is 0.335. The number of nitrogens with zero attached hydrogens (tertiary/aromatic N) is 2. The van der Waals surface area contributed by atoms with Crippen molar-refractivity contribution in [3.8, 4) is 11.6 Å². The van der Waals surface area contributed by atoms with Crippen LogP contribution in [-0.2, 0) is 6.61 Å². The molecule has 0 atom stereocenters. The van der Waals surface area contributed by atoms with Crippen LogP contribution in [0.3, 0.4) is 0 Å². The van der Waals surface area contributed by atoms with Crippen molar-refractivity contribution in [1.82, 2.24) is 4.98 Å². The molecule has 122 valence electrons. The predicted molar refractivity (Wildman–Crippen MR) is 90.2 cm³/mol. The molecule has 0 fully saturated rings. The molecule has 2 aromatic rings. The van der Waals surface area contributed by atoms with Gasteiger partial charge in [0.25, 0.3) is 0 Å². The van der Waals surface area contributed by atoms with E-state index in [0.717, 1.165) is 29.7 Å². The first-order valence-corrected chi connectivity index (χ1v) is 7.88. The summed E-state index contributed by atoms with van der Waals surface area (Å²) in [5, 5.41) is 3.01. The van der Waals surface area contributed by atoms with Gasteiger partial charge in [-0.1, -0.05) is 31.9 Å². The zero-order valence-corrected chi connectivity index (χ0v) is 13.6. The van der Waals surface area contributed by atoms with E-state index in [0.29, 0.717) is 24.8 Å². The Balaban J connectivity index is 1.94. The Morgan fingerprint density at radius 3 is 2.83 bits per heavy atom. The fourth-order valence-corrected chi connectivity index (χ4v) is 2.18. The van der Waals surface area contributed by atoms with Crippen LogP contribution in [0.4, 0.5) is 5.69 Å². The Labute approximate surface area is 136 Å². The Morgan fingerprint density at radius 2 is 2.04 bits per heavy atom. The van der Waals surface area contributed by atoms with Gasteiger partial charge >= 0.3 is 0 Å². The molecule has 0 spiro atoms. The molecule has 0 aliphatic heterocycles. The van der Waals surface area contributed by atoms with Crippen molar-refractivity contribution in [2.45, 2.75) is 39.7 Å². The SMILES string of the molecule is CCCCCOc1ccnc(OCc2cccc(N=O)c2C)c1. The number of pyridine rings is 1. The summed E-state index contributed by atoms with van der Waals surface area (Å²) in [4.78, 5) is 14.9. The van der Waals surface area contributed by atoms with Crippen molar-refractivity contribution in [1.29, 1.82) is 0 Å². The van der Waals surface area contributed by atoms with Crippen LogP contribution < -0.4 is 9.47 Å². The van der Waals surface area contributed by atoms with Crippen molar-refractivity contribution < 1.29 is 9.47 Å². The van der Waals surface area contributed by atoms with E-state index in [9.17, 15) is 4.91 Å². The molecule has 1 aromatic carbocycles. The lowest BCUT2D eigenvalue weighted by molar-refractivity contribution is 0.281. The zero-order chi connectivity index (χ0) is 16.5. The second kappa shape index (κ2) is 8.88. The molecule has 1 heterocycles. The molecule has 0 radical (unpaired) electrons. The third kappa shape index (κ3) is 5.06. The fraction of sp³-hybridized carbons (Fsp3) is 0.389. The van der Waals surface area contributed by atoms with Crippen LogP contribution in [0.2, 0.25) is 0 Å². The summed E-state index contributed by atoms with van der Waals surface area (Å²) in [5.41, 5.74) is 2.18. The molecule has 0 aliphatic rings. The lowest BCUT2D eigenvalue weighted by Gasteiger charge is -2.10. The predicted octanol–water partition coefficient (Wildman–Crippen LogP) is 4.94. The molecule has 23 heavy (non-hydrogen) atoms. The third-order valence-electron chi connectivity index (χ3n) is 3.61. The lowest BCUT2D eigenvalue weighted by atomic mass is 10.1. The van der Waals surface area contributed by atoms with Gasteiger partial charge in [-0.05, 0) is 41.8 Å². The maximum absolute atomic E-state index is 10.7. The summed E-state index contributed by atoms with van der Waals surface area (Å²) < 4.78 is 11.4. The summed E-state index contributed by atoms with van der Waals surface area (Å²) in [7, 11) is 0. The molecule has 0 amide bonds. The number of nitroso groups, excluding NO2 is 1. The van der Waals surface area contributed by atoms with Crippen molar-refractivity contribution in [2.75, 3.05) is 6.61 Å². The van der Waals surface area contributed by atoms with Gasteiger partial charge in [0.2, 0.25) is 5.88 Å². The molecule has 1 aromatic heterocycles. The lowest BCUT2D eigenvalue weighted by Crippen LogP contribution is -2.01. The van der Waals surface area contributed by atoms with Crippen LogP contribution in [0.15, 0.2) is 41.7 Å². The van der Waals surface area contributed by atoms with Crippen molar-refractivity contribution in [2.24, 2.45) is 5.18 Å². The van der Waals surface area contributed by atoms with Crippen LogP contribution in [0, 0.1) is 11.8 Å². The quantitative estimate of drug-likeness (QED) is 0.486. The maximum Gasteiger partial charge on any atom is 0.217 e. The van der Waals surface area contributed by atoms with Gasteiger partial charge in [-0.2, -0.15) is 0 Å². The van der Waals surface area contributed by atoms with Crippen LogP contribution in [0.25, 0.3) is 0 Å². The Kier molecular flexibility index (Phi) is 6.54. The Hall–Kier alpha value is -2.43. The van der Waals surface area contributed by atoms with E-state index in [1.807, 2.05) is 19.1 Å². The first kappa shape index (κ1) is 16.9. The molecule has 0 aliphatic carbocycles. The largest absolute Gasteiger partial charge is 0.493 e. The highest BCUT2D eigenvalue weighted by molar-refractivity contribution is 5.49. The first-order chi connectivity index (χ1) is 11.2. The van der Waals surface area contributed by atoms with E-state index in [1.54, 1.807) is 24.4 Å². The molecule has 0 N–H and O–H groups in total. The molecule has 0 bridgehead atoms. The van der Waals surface area contributed by atoms with Crippen LogP contribution in [-0.4, -0.2) is 11.6 Å². The van der Waals surface area contributed by atoms with Gasteiger partial charge in [0.1, 0.15) is 18.0 Å². The number of benzene rings is 1. The number of hydrogen-bond acceptors (Lipinski definition) is 5. The smallest absolute Gasteiger partial charge is 0.217 e. The summed E-state index contributed by atoms with van der Waals surface area (Å²) >= 11 is 0. The second-order valence-corrected chi connectivity index (χ2v) is 5.33. The highest BCUT2D eigenvalue weighted by Crippen LogP contribution is 2.23. The summed E-state index contributed by atoms with van der Waals surface area (Å²) in [6.07, 6.45) is 5.04. The average molecular weight is 314 g/mol. The van der Waals surface area contributed by atoms with Gasteiger partial charge in [0.15, 0.2) is 0 Å². The molecule has 0 saturated carbocycles. The monoisotopic (exact) mass is 314 g/mol. The fourth-order valence-electron chi connectivity index (χ4n) is 2.18. The number of unbranched alkanes of at least 4 members (excludes halogenated alkanes) is 2. The summed E-state index contributed by atoms with van der Waals surface area (Å²) in [5.74, 6) is 1.26. The number of rotatable bonds is 9. The van der Waals surface area contributed by atoms with Crippen molar-refractivity contribution >= 4 is 5.69 Å². The highest BCUT2D eigenvalue weighted by atomic mass is 16.5. The van der Waals surface area contributed by atoms with Gasteiger partial charge in [-0.15, -0.1) is 4.91 Å². The Morgan fingerprint density at radius 1 is 1.17 bits per heavy atom. The highest BCUT2D eigenvalue weighted by Gasteiger charge is 2.06. The molecular formula is C18H22N2O3. The number of aromatic nitrogens is 1. The normalized spacial score (nSPS) is 10.3. The molecule has 5 heteroatoms. The minimum absolute atomic E-state index is 0.335. The van der Waals surface area contributed by atoms with E-state index in [4.69, 9.17) is 9.47 Å². The molecule has 5 nitrogen and oxygen atoms in total. The minimum Gasteiger partial charge on any atom is -0.493 e. The maximum atomic E-state index is 10.7. The van der Waals surface area contributed by atoms with E-state index in [-0.39, 0.29) is 0 Å². The van der Waals surface area contributed by atoms with Gasteiger partial charge in [-0.3, -0.25) is 0 Å². The zero-order valence-electron chi connectivity index (χ0n) is 13.6. The first-order valence-electron chi connectivity index (χ1n) is 7.88. The van der Waals surface area contributed by atoms with Gasteiger partial charge in [0, 0.05) is 12.3 Å². The summed E-state index contributed by atoms with van der Waals surface area (Å²) in [6.45, 7) is 5.05. The average Bonchev–Trinajstić information content (AvgIpc) is 2.58. The van der Waals surface area contributed by atoms with Crippen LogP contribution in [0.5, 0.6) is 11.6 Å². The standard InChI is InChI=1S/C18H22N2O3/c1-3-4-5-11-22-16-9-10-19-18(12-16)23-13-15-7-6-8-17(20-21)14(15)2/h6-10,12H,3-5,11,13H2,1-2H3. The van der Waals surface area contributed by atoms with Gasteiger partial charge in [0.05, 0.1) is 6.61 Å². The van der Waals surface area contributed by atoms with Crippen molar-refractivity contribution in [3.63, 3.8) is 0 Å². The topological polar surface area (TPSA) is 60.8 Å². The van der Waals surface area contributed by atoms with E-state index in [2.05, 4.69) is 17.1 Å². The van der Waals surface area contributed by atoms with E-state index < -0.39 is 0 Å². The van der Waals surface area contributed by atoms with E-state index >= 15 is 0 Å². The van der Waals surface area contributed by atoms with Crippen LogP contribution in [0.1, 0.15) is 37.3 Å². The Bertz CT molecular complexity index is 644. The second-order valence-electron chi connectivity index (χ2n) is 5.33. The molecule has 0 unspecified atom stereocenters. The van der Waals surface area contributed by atoms with Gasteiger partial charge in [-0.25, -0.2) is 4.98 Å². The molecule has 0 saturated heterocycles. The van der Waals surface area contributed by atoms with E-state index in [1.165, 1.54) is 6.42 Å². The molecule has 2 rings (SSSR count). The third-order valence-corrected chi connectivity index (χ3v) is 3.61. The number of hydrogen-bond donors (Lipinski definition) is 0. The van der Waals surface area contributed by atoms with Crippen LogP contribution >= 0.6 is 0 Å². The number of ether oxygens (including phenoxy) is 2. The molecular weight excluding hydrogens is 292 g/mol.